The maximum Gasteiger partial charge on any atom is 0.338 e. The standard InChI is InChI=1S/C15H22O4/c1-5-15(17,14(16)19-6-2)11(3)12-9-7-8-10-13(12)18-4/h7-11,17H,5-6H2,1-4H3. The van der Waals surface area contributed by atoms with E-state index >= 15 is 0 Å². The van der Waals surface area contributed by atoms with E-state index in [-0.39, 0.29) is 13.0 Å². The van der Waals surface area contributed by atoms with Gasteiger partial charge in [-0.3, -0.25) is 0 Å². The molecule has 0 aliphatic carbocycles. The molecule has 0 heterocycles. The number of esters is 1. The van der Waals surface area contributed by atoms with Gasteiger partial charge in [-0.1, -0.05) is 32.0 Å². The lowest BCUT2D eigenvalue weighted by molar-refractivity contribution is -0.167. The maximum atomic E-state index is 12.0. The van der Waals surface area contributed by atoms with Crippen LogP contribution < -0.4 is 4.74 Å². The summed E-state index contributed by atoms with van der Waals surface area (Å²) < 4.78 is 10.3. The lowest BCUT2D eigenvalue weighted by Crippen LogP contribution is -2.44. The van der Waals surface area contributed by atoms with E-state index in [1.807, 2.05) is 24.3 Å². The van der Waals surface area contributed by atoms with Crippen molar-refractivity contribution in [3.63, 3.8) is 0 Å². The van der Waals surface area contributed by atoms with Gasteiger partial charge in [0.05, 0.1) is 13.7 Å². The van der Waals surface area contributed by atoms with Crippen molar-refractivity contribution < 1.29 is 19.4 Å². The smallest absolute Gasteiger partial charge is 0.338 e. The van der Waals surface area contributed by atoms with Crippen LogP contribution in [0.2, 0.25) is 0 Å². The Morgan fingerprint density at radius 1 is 1.37 bits per heavy atom. The van der Waals surface area contributed by atoms with Crippen molar-refractivity contribution in [2.45, 2.75) is 38.7 Å². The molecule has 4 nitrogen and oxygen atoms in total. The third-order valence-electron chi connectivity index (χ3n) is 3.49. The van der Waals surface area contributed by atoms with E-state index in [4.69, 9.17) is 9.47 Å². The molecule has 1 aromatic rings. The second-order valence-electron chi connectivity index (χ2n) is 4.46. The largest absolute Gasteiger partial charge is 0.496 e. The maximum absolute atomic E-state index is 12.0. The summed E-state index contributed by atoms with van der Waals surface area (Å²) in [7, 11) is 1.57. The quantitative estimate of drug-likeness (QED) is 0.804. The van der Waals surface area contributed by atoms with Crippen molar-refractivity contribution in [3.8, 4) is 5.75 Å². The fraction of sp³-hybridized carbons (Fsp3) is 0.533. The first-order valence-corrected chi connectivity index (χ1v) is 6.53. The molecule has 0 amide bonds. The van der Waals surface area contributed by atoms with Crippen LogP contribution in [0.25, 0.3) is 0 Å². The van der Waals surface area contributed by atoms with Gasteiger partial charge in [0.15, 0.2) is 5.60 Å². The van der Waals surface area contributed by atoms with Crippen LogP contribution >= 0.6 is 0 Å². The Balaban J connectivity index is 3.14. The zero-order valence-electron chi connectivity index (χ0n) is 12.0. The molecule has 0 aliphatic rings. The average molecular weight is 266 g/mol. The Morgan fingerprint density at radius 3 is 2.53 bits per heavy atom. The summed E-state index contributed by atoms with van der Waals surface area (Å²) in [6, 6.07) is 7.37. The van der Waals surface area contributed by atoms with Gasteiger partial charge in [-0.15, -0.1) is 0 Å². The Morgan fingerprint density at radius 2 is 2.00 bits per heavy atom. The molecular weight excluding hydrogens is 244 g/mol. The predicted molar refractivity (Wildman–Crippen MR) is 73.3 cm³/mol. The molecule has 0 bridgehead atoms. The van der Waals surface area contributed by atoms with Crippen LogP contribution in [-0.4, -0.2) is 30.4 Å². The number of ether oxygens (including phenoxy) is 2. The second kappa shape index (κ2) is 6.57. The van der Waals surface area contributed by atoms with Crippen LogP contribution in [0.3, 0.4) is 0 Å². The van der Waals surface area contributed by atoms with Crippen LogP contribution in [0.1, 0.15) is 38.7 Å². The van der Waals surface area contributed by atoms with E-state index < -0.39 is 17.5 Å². The van der Waals surface area contributed by atoms with Gasteiger partial charge in [-0.05, 0) is 19.4 Å². The number of rotatable bonds is 6. The van der Waals surface area contributed by atoms with E-state index in [2.05, 4.69) is 0 Å². The lowest BCUT2D eigenvalue weighted by Gasteiger charge is -2.31. The molecular formula is C15H22O4. The number of aliphatic hydroxyl groups is 1. The Bertz CT molecular complexity index is 430. The first kappa shape index (κ1) is 15.5. The summed E-state index contributed by atoms with van der Waals surface area (Å²) in [4.78, 5) is 12.0. The minimum atomic E-state index is -1.54. The number of para-hydroxylation sites is 1. The normalized spacial score (nSPS) is 15.4. The predicted octanol–water partition coefficient (Wildman–Crippen LogP) is 2.50. The molecule has 0 fully saturated rings. The van der Waals surface area contributed by atoms with Gasteiger partial charge < -0.3 is 14.6 Å². The minimum absolute atomic E-state index is 0.250. The summed E-state index contributed by atoms with van der Waals surface area (Å²) in [5.74, 6) is -0.338. The molecule has 1 rings (SSSR count). The molecule has 0 spiro atoms. The lowest BCUT2D eigenvalue weighted by atomic mass is 9.81. The highest BCUT2D eigenvalue weighted by Crippen LogP contribution is 2.36. The van der Waals surface area contributed by atoms with Crippen LogP contribution in [0.4, 0.5) is 0 Å². The number of carbonyl (C=O) groups is 1. The molecule has 0 saturated carbocycles. The average Bonchev–Trinajstić information content (AvgIpc) is 2.45. The summed E-state index contributed by atoms with van der Waals surface area (Å²) in [5.41, 5.74) is -0.743. The van der Waals surface area contributed by atoms with Crippen molar-refractivity contribution in [2.75, 3.05) is 13.7 Å². The van der Waals surface area contributed by atoms with Crippen molar-refractivity contribution >= 4 is 5.97 Å². The molecule has 0 aromatic heterocycles. The first-order chi connectivity index (χ1) is 9.01. The zero-order chi connectivity index (χ0) is 14.5. The highest BCUT2D eigenvalue weighted by atomic mass is 16.5. The molecule has 0 radical (unpaired) electrons. The van der Waals surface area contributed by atoms with Gasteiger partial charge in [0.25, 0.3) is 0 Å². The Hall–Kier alpha value is -1.55. The van der Waals surface area contributed by atoms with Crippen LogP contribution in [0.15, 0.2) is 24.3 Å². The third kappa shape index (κ3) is 3.07. The van der Waals surface area contributed by atoms with Crippen molar-refractivity contribution in [2.24, 2.45) is 0 Å². The van der Waals surface area contributed by atoms with Gasteiger partial charge >= 0.3 is 5.97 Å². The van der Waals surface area contributed by atoms with Gasteiger partial charge in [0.1, 0.15) is 5.75 Å². The Labute approximate surface area is 114 Å². The summed E-state index contributed by atoms with van der Waals surface area (Å²) >= 11 is 0. The number of hydrogen-bond acceptors (Lipinski definition) is 4. The number of carbonyl (C=O) groups excluding carboxylic acids is 1. The molecule has 0 aliphatic heterocycles. The second-order valence-corrected chi connectivity index (χ2v) is 4.46. The van der Waals surface area contributed by atoms with Crippen molar-refractivity contribution in [1.82, 2.24) is 0 Å². The molecule has 106 valence electrons. The van der Waals surface area contributed by atoms with Crippen LogP contribution in [-0.2, 0) is 9.53 Å². The topological polar surface area (TPSA) is 55.8 Å². The third-order valence-corrected chi connectivity index (χ3v) is 3.49. The van der Waals surface area contributed by atoms with Crippen molar-refractivity contribution in [1.29, 1.82) is 0 Å². The van der Waals surface area contributed by atoms with E-state index in [1.54, 1.807) is 27.9 Å². The monoisotopic (exact) mass is 266 g/mol. The Kier molecular flexibility index (Phi) is 5.36. The number of benzene rings is 1. The summed E-state index contributed by atoms with van der Waals surface area (Å²) in [6.45, 7) is 5.54. The van der Waals surface area contributed by atoms with Crippen molar-refractivity contribution in [3.05, 3.63) is 29.8 Å². The SMILES string of the molecule is CCOC(=O)C(O)(CC)C(C)c1ccccc1OC. The number of methoxy groups -OCH3 is 1. The molecule has 4 heteroatoms. The highest BCUT2D eigenvalue weighted by molar-refractivity contribution is 5.80. The minimum Gasteiger partial charge on any atom is -0.496 e. The summed E-state index contributed by atoms with van der Waals surface area (Å²) in [5, 5.41) is 10.6. The highest BCUT2D eigenvalue weighted by Gasteiger charge is 2.43. The fourth-order valence-corrected chi connectivity index (χ4v) is 2.16. The van der Waals surface area contributed by atoms with Gasteiger partial charge in [0.2, 0.25) is 0 Å². The van der Waals surface area contributed by atoms with E-state index in [0.29, 0.717) is 5.75 Å². The zero-order valence-corrected chi connectivity index (χ0v) is 12.0. The number of hydrogen-bond donors (Lipinski definition) is 1. The molecule has 1 N–H and O–H groups in total. The molecule has 1 aromatic carbocycles. The van der Waals surface area contributed by atoms with Gasteiger partial charge in [-0.2, -0.15) is 0 Å². The fourth-order valence-electron chi connectivity index (χ4n) is 2.16. The summed E-state index contributed by atoms with van der Waals surface area (Å²) in [6.07, 6.45) is 0.283. The molecule has 19 heavy (non-hydrogen) atoms. The van der Waals surface area contributed by atoms with E-state index in [1.165, 1.54) is 0 Å². The van der Waals surface area contributed by atoms with Crippen LogP contribution in [0, 0.1) is 0 Å². The first-order valence-electron chi connectivity index (χ1n) is 6.53. The van der Waals surface area contributed by atoms with Crippen LogP contribution in [0.5, 0.6) is 5.75 Å². The van der Waals surface area contributed by atoms with Gasteiger partial charge in [0, 0.05) is 11.5 Å². The van der Waals surface area contributed by atoms with E-state index in [9.17, 15) is 9.90 Å². The molecule has 2 unspecified atom stereocenters. The molecule has 2 atom stereocenters. The molecule has 0 saturated heterocycles. The van der Waals surface area contributed by atoms with E-state index in [0.717, 1.165) is 5.56 Å². The van der Waals surface area contributed by atoms with Gasteiger partial charge in [-0.25, -0.2) is 4.79 Å².